The molecule has 0 fully saturated rings. The third-order valence-corrected chi connectivity index (χ3v) is 12.4. The van der Waals surface area contributed by atoms with E-state index in [2.05, 4.69) is 66.7 Å². The molecule has 5 heteroatoms. The quantitative estimate of drug-likeness (QED) is 0.168. The molecule has 0 aliphatic carbocycles. The van der Waals surface area contributed by atoms with Gasteiger partial charge in [0.1, 0.15) is 0 Å². The van der Waals surface area contributed by atoms with Crippen LogP contribution in [-0.2, 0) is 0 Å². The predicted molar refractivity (Wildman–Crippen MR) is 252 cm³/mol. The number of rotatable bonds is 6. The molecule has 0 radical (unpaired) electrons. The van der Waals surface area contributed by atoms with Crippen molar-refractivity contribution < 1.29 is 11.0 Å². The molecule has 0 amide bonds. The molecule has 0 unspecified atom stereocenters. The second kappa shape index (κ2) is 14.0. The lowest BCUT2D eigenvalue weighted by Gasteiger charge is -2.16. The molecule has 0 bridgehead atoms. The Morgan fingerprint density at radius 2 is 0.917 bits per heavy atom. The van der Waals surface area contributed by atoms with Crippen LogP contribution < -0.4 is 0 Å². The maximum Gasteiger partial charge on any atom is 0.164 e. The van der Waals surface area contributed by atoms with Gasteiger partial charge in [-0.05, 0) is 45.6 Å². The lowest BCUT2D eigenvalue weighted by atomic mass is 10.00. The number of benzene rings is 9. The summed E-state index contributed by atoms with van der Waals surface area (Å²) >= 11 is 1.81. The van der Waals surface area contributed by atoms with Crippen LogP contribution in [0, 0.1) is 0 Å². The van der Waals surface area contributed by atoms with E-state index in [9.17, 15) is 2.74 Å². The highest BCUT2D eigenvalue weighted by molar-refractivity contribution is 7.27. The molecule has 4 nitrogen and oxygen atoms in total. The summed E-state index contributed by atoms with van der Waals surface area (Å²) in [5.41, 5.74) is 6.12. The van der Waals surface area contributed by atoms with Gasteiger partial charge in [-0.25, -0.2) is 15.0 Å². The molecule has 0 N–H and O–H groups in total. The highest BCUT2D eigenvalue weighted by Crippen LogP contribution is 2.43. The second-order valence-corrected chi connectivity index (χ2v) is 15.6. The van der Waals surface area contributed by atoms with E-state index in [4.69, 9.17) is 23.2 Å². The van der Waals surface area contributed by atoms with E-state index < -0.39 is 36.3 Å². The Kier molecular flexibility index (Phi) is 6.30. The van der Waals surface area contributed by atoms with Crippen LogP contribution in [0.25, 0.3) is 115 Å². The summed E-state index contributed by atoms with van der Waals surface area (Å²) in [5, 5.41) is 4.90. The Labute approximate surface area is 361 Å². The fourth-order valence-corrected chi connectivity index (χ4v) is 9.65. The topological polar surface area (TPSA) is 43.6 Å². The number of hydrogen-bond donors (Lipinski definition) is 0. The summed E-state index contributed by atoms with van der Waals surface area (Å²) < 4.78 is 75.3. The first-order valence-electron chi connectivity index (χ1n) is 23.5. The predicted octanol–water partition coefficient (Wildman–Crippen LogP) is 14.8. The highest BCUT2D eigenvalue weighted by Gasteiger charge is 2.19. The monoisotopic (exact) mass is 790 g/mol. The minimum absolute atomic E-state index is 0.00300. The fraction of sp³-hybridized carbons (Fsp3) is 0. The molecule has 280 valence electrons. The van der Waals surface area contributed by atoms with Crippen LogP contribution in [0.15, 0.2) is 206 Å². The van der Waals surface area contributed by atoms with Crippen molar-refractivity contribution in [2.45, 2.75) is 0 Å². The molecule has 12 aromatic rings. The lowest BCUT2D eigenvalue weighted by Crippen LogP contribution is -2.02. The molecule has 0 saturated carbocycles. The smallest absolute Gasteiger partial charge is 0.164 e. The zero-order valence-corrected chi connectivity index (χ0v) is 32.5. The summed E-state index contributed by atoms with van der Waals surface area (Å²) in [6.07, 6.45) is 0. The van der Waals surface area contributed by atoms with Gasteiger partial charge in [0.2, 0.25) is 0 Å². The van der Waals surface area contributed by atoms with Crippen LogP contribution in [0.3, 0.4) is 0 Å². The van der Waals surface area contributed by atoms with Crippen LogP contribution >= 0.6 is 11.3 Å². The van der Waals surface area contributed by atoms with Gasteiger partial charge in [-0.3, -0.25) is 0 Å². The number of hydrogen-bond acceptors (Lipinski definition) is 4. The number of nitrogens with zero attached hydrogens (tertiary/aromatic N) is 4. The van der Waals surface area contributed by atoms with Gasteiger partial charge in [-0.2, -0.15) is 0 Å². The average molecular weight is 791 g/mol. The SMILES string of the molecule is [2H]c1c([2H])c([2H])c2c(c1[2H])c1c([2H])c([2H])c([2H])c([2H])c1n2-c1cc(-c2nc(-c3ccccc3)nc(-c3ccc(-c4cccc5c4sc4c6ccccc6ccc54)cc3)n2)ccc1-c1ccccc1. The van der Waals surface area contributed by atoms with Gasteiger partial charge in [-0.15, -0.1) is 11.3 Å². The Bertz CT molecular complexity index is 3980. The Morgan fingerprint density at radius 1 is 0.383 bits per heavy atom. The van der Waals surface area contributed by atoms with Gasteiger partial charge < -0.3 is 4.57 Å². The lowest BCUT2D eigenvalue weighted by molar-refractivity contribution is 1.07. The summed E-state index contributed by atoms with van der Waals surface area (Å²) in [7, 11) is 0. The summed E-state index contributed by atoms with van der Waals surface area (Å²) in [6, 6.07) is 48.7. The summed E-state index contributed by atoms with van der Waals surface area (Å²) in [6.45, 7) is 0. The van der Waals surface area contributed by atoms with Crippen LogP contribution in [0.1, 0.15) is 11.0 Å². The standard InChI is InChI=1S/C55H34N4S/c1-3-14-35(15-4-1)41-32-31-40(34-50(41)59-48-24-11-9-20-44(48)45-21-10-12-25-49(45)59)55-57-53(38-17-5-2-6-18-38)56-54(58-55)39-28-26-37(27-29-39)43-22-13-23-46-47-33-30-36-16-7-8-19-42(36)52(47)60-51(43)46/h1-34H/i9D,10D,11D,12D,20D,21D,24D,25D. The van der Waals surface area contributed by atoms with Crippen molar-refractivity contribution in [3.63, 3.8) is 0 Å². The molecule has 12 rings (SSSR count). The molecule has 0 aliphatic rings. The van der Waals surface area contributed by atoms with E-state index in [-0.39, 0.29) is 33.9 Å². The molecule has 0 spiro atoms. The average Bonchev–Trinajstić information content (AvgIpc) is 3.96. The first-order valence-corrected chi connectivity index (χ1v) is 20.4. The highest BCUT2D eigenvalue weighted by atomic mass is 32.1. The normalized spacial score (nSPS) is 13.5. The van der Waals surface area contributed by atoms with Crippen molar-refractivity contribution in [1.29, 1.82) is 0 Å². The molecule has 9 aromatic carbocycles. The number of fused-ring (bicyclic) bond motifs is 8. The van der Waals surface area contributed by atoms with Crippen LogP contribution in [0.5, 0.6) is 0 Å². The van der Waals surface area contributed by atoms with E-state index in [1.54, 1.807) is 4.57 Å². The minimum Gasteiger partial charge on any atom is -0.309 e. The van der Waals surface area contributed by atoms with Gasteiger partial charge in [0.15, 0.2) is 17.5 Å². The van der Waals surface area contributed by atoms with Gasteiger partial charge in [0, 0.05) is 53.2 Å². The van der Waals surface area contributed by atoms with Gasteiger partial charge in [0.05, 0.1) is 27.7 Å². The Morgan fingerprint density at radius 3 is 1.63 bits per heavy atom. The first-order chi connectivity index (χ1) is 33.1. The van der Waals surface area contributed by atoms with Crippen molar-refractivity contribution >= 4 is 64.1 Å². The van der Waals surface area contributed by atoms with E-state index in [0.717, 1.165) is 27.8 Å². The maximum absolute atomic E-state index is 9.24. The molecule has 0 saturated heterocycles. The second-order valence-electron chi connectivity index (χ2n) is 14.6. The van der Waals surface area contributed by atoms with Gasteiger partial charge in [0.25, 0.3) is 0 Å². The fourth-order valence-electron chi connectivity index (χ4n) is 8.28. The third kappa shape index (κ3) is 5.63. The van der Waals surface area contributed by atoms with Crippen molar-refractivity contribution in [1.82, 2.24) is 19.5 Å². The largest absolute Gasteiger partial charge is 0.309 e. The molecular weight excluding hydrogens is 749 g/mol. The zero-order chi connectivity index (χ0) is 46.5. The molecule has 3 aromatic heterocycles. The van der Waals surface area contributed by atoms with E-state index in [1.165, 1.54) is 30.9 Å². The first kappa shape index (κ1) is 27.0. The molecule has 0 aliphatic heterocycles. The number of para-hydroxylation sites is 2. The van der Waals surface area contributed by atoms with Crippen LogP contribution in [-0.4, -0.2) is 19.5 Å². The van der Waals surface area contributed by atoms with Gasteiger partial charge in [-0.1, -0.05) is 188 Å². The molecule has 60 heavy (non-hydrogen) atoms. The molecular formula is C55H34N4S. The molecule has 0 atom stereocenters. The van der Waals surface area contributed by atoms with E-state index >= 15 is 0 Å². The van der Waals surface area contributed by atoms with Crippen molar-refractivity contribution in [3.8, 4) is 62.1 Å². The Balaban J connectivity index is 1.07. The number of thiophene rings is 1. The van der Waals surface area contributed by atoms with Crippen molar-refractivity contribution in [2.75, 3.05) is 0 Å². The van der Waals surface area contributed by atoms with E-state index in [1.807, 2.05) is 102 Å². The van der Waals surface area contributed by atoms with Crippen LogP contribution in [0.4, 0.5) is 0 Å². The maximum atomic E-state index is 9.24. The third-order valence-electron chi connectivity index (χ3n) is 11.1. The van der Waals surface area contributed by atoms with Crippen LogP contribution in [0.2, 0.25) is 0 Å². The zero-order valence-electron chi connectivity index (χ0n) is 39.7. The van der Waals surface area contributed by atoms with E-state index in [0.29, 0.717) is 34.3 Å². The summed E-state index contributed by atoms with van der Waals surface area (Å²) in [5.74, 6) is 1.19. The number of aromatic nitrogens is 4. The molecule has 3 heterocycles. The van der Waals surface area contributed by atoms with Crippen molar-refractivity contribution in [3.05, 3.63) is 206 Å². The minimum atomic E-state index is -0.504. The van der Waals surface area contributed by atoms with Gasteiger partial charge >= 0.3 is 0 Å². The van der Waals surface area contributed by atoms with Crippen molar-refractivity contribution in [2.24, 2.45) is 0 Å². The Hall–Kier alpha value is -7.73. The summed E-state index contributed by atoms with van der Waals surface area (Å²) in [4.78, 5) is 15.1.